The van der Waals surface area contributed by atoms with Gasteiger partial charge in [0.05, 0.1) is 19.8 Å². The average molecular weight is 363 g/mol. The van der Waals surface area contributed by atoms with Gasteiger partial charge in [-0.25, -0.2) is 4.79 Å². The van der Waals surface area contributed by atoms with Gasteiger partial charge in [-0.3, -0.25) is 0 Å². The molecule has 25 heavy (non-hydrogen) atoms. The van der Waals surface area contributed by atoms with Gasteiger partial charge in [0.2, 0.25) is 0 Å². The number of likely N-dealkylation sites (N-methyl/N-ethyl adjacent to an activating group) is 1. The molecular formula is C18H25N3O3S. The zero-order valence-electron chi connectivity index (χ0n) is 15.0. The third kappa shape index (κ3) is 5.37. The molecule has 0 saturated carbocycles. The number of rotatable bonds is 8. The van der Waals surface area contributed by atoms with Crippen molar-refractivity contribution in [2.45, 2.75) is 13.0 Å². The summed E-state index contributed by atoms with van der Waals surface area (Å²) in [7, 11) is 5.59. The van der Waals surface area contributed by atoms with Crippen molar-refractivity contribution in [2.75, 3.05) is 39.7 Å². The zero-order valence-corrected chi connectivity index (χ0v) is 15.9. The van der Waals surface area contributed by atoms with E-state index < -0.39 is 0 Å². The minimum absolute atomic E-state index is 0.139. The number of benzene rings is 1. The maximum atomic E-state index is 12.2. The summed E-state index contributed by atoms with van der Waals surface area (Å²) in [6.07, 6.45) is 0. The van der Waals surface area contributed by atoms with Gasteiger partial charge in [-0.2, -0.15) is 0 Å². The largest absolute Gasteiger partial charge is 0.493 e. The number of hydrogen-bond acceptors (Lipinski definition) is 5. The van der Waals surface area contributed by atoms with Crippen LogP contribution in [-0.2, 0) is 0 Å². The topological polar surface area (TPSA) is 62.8 Å². The first-order chi connectivity index (χ1) is 12.0. The molecule has 0 aliphatic rings. The SMILES string of the molecule is CCOc1cc(NC(=O)NCC(c2cccs2)N(C)C)ccc1OC. The van der Waals surface area contributed by atoms with Gasteiger partial charge in [-0.15, -0.1) is 11.3 Å². The highest BCUT2D eigenvalue weighted by Crippen LogP contribution is 2.30. The lowest BCUT2D eigenvalue weighted by molar-refractivity contribution is 0.244. The molecule has 2 amide bonds. The van der Waals surface area contributed by atoms with Crippen molar-refractivity contribution in [1.82, 2.24) is 10.2 Å². The Kier molecular flexibility index (Phi) is 7.09. The summed E-state index contributed by atoms with van der Waals surface area (Å²) in [6.45, 7) is 2.95. The van der Waals surface area contributed by atoms with Gasteiger partial charge >= 0.3 is 6.03 Å². The van der Waals surface area contributed by atoms with Crippen molar-refractivity contribution in [2.24, 2.45) is 0 Å². The highest BCUT2D eigenvalue weighted by atomic mass is 32.1. The first-order valence-corrected chi connectivity index (χ1v) is 8.98. The molecule has 2 N–H and O–H groups in total. The molecule has 0 fully saturated rings. The smallest absolute Gasteiger partial charge is 0.319 e. The highest BCUT2D eigenvalue weighted by molar-refractivity contribution is 7.10. The number of ether oxygens (including phenoxy) is 2. The quantitative estimate of drug-likeness (QED) is 0.752. The second-order valence-electron chi connectivity index (χ2n) is 5.63. The predicted octanol–water partition coefficient (Wildman–Crippen LogP) is 3.58. The monoisotopic (exact) mass is 363 g/mol. The Morgan fingerprint density at radius 1 is 1.28 bits per heavy atom. The van der Waals surface area contributed by atoms with Gasteiger partial charge in [-0.05, 0) is 44.6 Å². The summed E-state index contributed by atoms with van der Waals surface area (Å²) in [5.41, 5.74) is 0.652. The molecule has 1 aromatic carbocycles. The number of carbonyl (C=O) groups is 1. The summed E-state index contributed by atoms with van der Waals surface area (Å²) in [5, 5.41) is 7.79. The lowest BCUT2D eigenvalue weighted by Crippen LogP contribution is -2.36. The van der Waals surface area contributed by atoms with E-state index in [1.807, 2.05) is 32.5 Å². The number of carbonyl (C=O) groups excluding carboxylic acids is 1. The number of urea groups is 1. The van der Waals surface area contributed by atoms with Gasteiger partial charge in [0.25, 0.3) is 0 Å². The van der Waals surface area contributed by atoms with E-state index in [9.17, 15) is 4.79 Å². The van der Waals surface area contributed by atoms with Gasteiger partial charge in [0.15, 0.2) is 11.5 Å². The van der Waals surface area contributed by atoms with E-state index in [1.165, 1.54) is 4.88 Å². The Morgan fingerprint density at radius 2 is 2.08 bits per heavy atom. The zero-order chi connectivity index (χ0) is 18.2. The van der Waals surface area contributed by atoms with E-state index in [4.69, 9.17) is 9.47 Å². The normalized spacial score (nSPS) is 11.9. The third-order valence-corrected chi connectivity index (χ3v) is 4.65. The summed E-state index contributed by atoms with van der Waals surface area (Å²) in [5.74, 6) is 1.24. The Morgan fingerprint density at radius 3 is 2.68 bits per heavy atom. The Bertz CT molecular complexity index is 674. The minimum Gasteiger partial charge on any atom is -0.493 e. The van der Waals surface area contributed by atoms with Gasteiger partial charge in [0, 0.05) is 23.2 Å². The summed E-state index contributed by atoms with van der Waals surface area (Å²) in [4.78, 5) is 15.5. The number of nitrogens with one attached hydrogen (secondary N) is 2. The molecule has 7 heteroatoms. The minimum atomic E-state index is -0.254. The fraction of sp³-hybridized carbons (Fsp3) is 0.389. The average Bonchev–Trinajstić information content (AvgIpc) is 3.09. The van der Waals surface area contributed by atoms with Gasteiger partial charge in [-0.1, -0.05) is 6.07 Å². The molecule has 0 spiro atoms. The first-order valence-electron chi connectivity index (χ1n) is 8.10. The van der Waals surface area contributed by atoms with Crippen LogP contribution < -0.4 is 20.1 Å². The van der Waals surface area contributed by atoms with E-state index in [0.717, 1.165) is 0 Å². The van der Waals surface area contributed by atoms with Crippen molar-refractivity contribution in [3.05, 3.63) is 40.6 Å². The second-order valence-corrected chi connectivity index (χ2v) is 6.61. The summed E-state index contributed by atoms with van der Waals surface area (Å²) < 4.78 is 10.8. The molecule has 0 aliphatic heterocycles. The molecule has 1 unspecified atom stereocenters. The Hall–Kier alpha value is -2.25. The maximum absolute atomic E-state index is 12.2. The van der Waals surface area contributed by atoms with E-state index in [0.29, 0.717) is 30.3 Å². The number of hydrogen-bond donors (Lipinski definition) is 2. The number of thiophene rings is 1. The molecule has 6 nitrogen and oxygen atoms in total. The van der Waals surface area contributed by atoms with Crippen LogP contribution in [-0.4, -0.2) is 45.3 Å². The molecule has 2 rings (SSSR count). The van der Waals surface area contributed by atoms with E-state index in [2.05, 4.69) is 21.6 Å². The first kappa shape index (κ1) is 19.1. The number of amides is 2. The van der Waals surface area contributed by atoms with Crippen LogP contribution in [0.25, 0.3) is 0 Å². The molecule has 0 saturated heterocycles. The van der Waals surface area contributed by atoms with Crippen LogP contribution in [0, 0.1) is 0 Å². The lowest BCUT2D eigenvalue weighted by atomic mass is 10.2. The van der Waals surface area contributed by atoms with Crippen LogP contribution in [0.4, 0.5) is 10.5 Å². The molecule has 1 aromatic heterocycles. The fourth-order valence-corrected chi connectivity index (χ4v) is 3.33. The molecule has 1 heterocycles. The molecule has 136 valence electrons. The van der Waals surface area contributed by atoms with Crippen molar-refractivity contribution in [3.8, 4) is 11.5 Å². The number of anilines is 1. The molecule has 0 aliphatic carbocycles. The van der Waals surface area contributed by atoms with Crippen molar-refractivity contribution < 1.29 is 14.3 Å². The fourth-order valence-electron chi connectivity index (χ4n) is 2.41. The van der Waals surface area contributed by atoms with Crippen LogP contribution in [0.3, 0.4) is 0 Å². The van der Waals surface area contributed by atoms with Crippen LogP contribution in [0.15, 0.2) is 35.7 Å². The van der Waals surface area contributed by atoms with Crippen LogP contribution in [0.1, 0.15) is 17.8 Å². The van der Waals surface area contributed by atoms with E-state index >= 15 is 0 Å². The van der Waals surface area contributed by atoms with Crippen LogP contribution in [0.5, 0.6) is 11.5 Å². The maximum Gasteiger partial charge on any atom is 0.319 e. The molecular weight excluding hydrogens is 338 g/mol. The second kappa shape index (κ2) is 9.29. The van der Waals surface area contributed by atoms with Crippen molar-refractivity contribution in [3.63, 3.8) is 0 Å². The molecule has 1 atom stereocenters. The molecule has 2 aromatic rings. The lowest BCUT2D eigenvalue weighted by Gasteiger charge is -2.23. The Labute approximate surface area is 152 Å². The van der Waals surface area contributed by atoms with Crippen molar-refractivity contribution >= 4 is 23.1 Å². The van der Waals surface area contributed by atoms with Crippen molar-refractivity contribution in [1.29, 1.82) is 0 Å². The molecule has 0 bridgehead atoms. The van der Waals surface area contributed by atoms with Crippen LogP contribution >= 0.6 is 11.3 Å². The molecule has 0 radical (unpaired) electrons. The van der Waals surface area contributed by atoms with E-state index in [1.54, 1.807) is 36.6 Å². The summed E-state index contributed by atoms with van der Waals surface area (Å²) in [6, 6.07) is 9.29. The van der Waals surface area contributed by atoms with Gasteiger partial charge in [0.1, 0.15) is 0 Å². The predicted molar refractivity (Wildman–Crippen MR) is 102 cm³/mol. The summed E-state index contributed by atoms with van der Waals surface area (Å²) >= 11 is 1.68. The van der Waals surface area contributed by atoms with Gasteiger partial charge < -0.3 is 25.0 Å². The highest BCUT2D eigenvalue weighted by Gasteiger charge is 2.16. The number of methoxy groups -OCH3 is 1. The third-order valence-electron chi connectivity index (χ3n) is 3.67. The van der Waals surface area contributed by atoms with E-state index in [-0.39, 0.29) is 12.1 Å². The Balaban J connectivity index is 1.96. The number of nitrogens with zero attached hydrogens (tertiary/aromatic N) is 1. The standard InChI is InChI=1S/C18H25N3O3S/c1-5-24-16-11-13(8-9-15(16)23-4)20-18(22)19-12-14(21(2)3)17-7-6-10-25-17/h6-11,14H,5,12H2,1-4H3,(H2,19,20,22). The van der Waals surface area contributed by atoms with Crippen LogP contribution in [0.2, 0.25) is 0 Å².